The van der Waals surface area contributed by atoms with Gasteiger partial charge in [-0.25, -0.2) is 0 Å². The molecule has 0 fully saturated rings. The summed E-state index contributed by atoms with van der Waals surface area (Å²) < 4.78 is 11.1. The summed E-state index contributed by atoms with van der Waals surface area (Å²) in [5, 5.41) is 0.168. The highest BCUT2D eigenvalue weighted by Gasteiger charge is 2.39. The molecule has 0 N–H and O–H groups in total. The summed E-state index contributed by atoms with van der Waals surface area (Å²) in [4.78, 5) is 28.3. The first-order valence-electron chi connectivity index (χ1n) is 9.98. The van der Waals surface area contributed by atoms with E-state index in [1.807, 2.05) is 76.2 Å². The molecule has 5 nitrogen and oxygen atoms in total. The zero-order valence-electron chi connectivity index (χ0n) is 18.0. The first-order valence-corrected chi connectivity index (χ1v) is 10.9. The number of amides is 2. The fourth-order valence-electron chi connectivity index (χ4n) is 3.27. The van der Waals surface area contributed by atoms with E-state index in [1.54, 1.807) is 7.11 Å². The van der Waals surface area contributed by atoms with Gasteiger partial charge < -0.3 is 9.47 Å². The highest BCUT2D eigenvalue weighted by molar-refractivity contribution is 8.04. The minimum Gasteiger partial charge on any atom is -0.496 e. The monoisotopic (exact) mass is 425 g/mol. The standard InChI is InChI=1S/C24H27NO4S/c1-15(2)29-19-12-10-17(11-13-19)21-22(30-16(3)4)24(27)25(23(21)26)14-18-8-6-7-9-20(18)28-5/h6-13,15-16H,14H2,1-5H3. The summed E-state index contributed by atoms with van der Waals surface area (Å²) in [6, 6.07) is 14.8. The summed E-state index contributed by atoms with van der Waals surface area (Å²) in [7, 11) is 1.58. The lowest BCUT2D eigenvalue weighted by Crippen LogP contribution is -2.31. The van der Waals surface area contributed by atoms with Crippen LogP contribution in [0.5, 0.6) is 11.5 Å². The van der Waals surface area contributed by atoms with Crippen LogP contribution in [-0.2, 0) is 16.1 Å². The summed E-state index contributed by atoms with van der Waals surface area (Å²) in [6.45, 7) is 8.11. The van der Waals surface area contributed by atoms with Crippen molar-refractivity contribution in [2.24, 2.45) is 0 Å². The molecule has 158 valence electrons. The zero-order chi connectivity index (χ0) is 21.8. The second kappa shape index (κ2) is 9.39. The van der Waals surface area contributed by atoms with E-state index in [-0.39, 0.29) is 29.7 Å². The number of methoxy groups -OCH3 is 1. The molecule has 1 aliphatic heterocycles. The molecular formula is C24H27NO4S. The smallest absolute Gasteiger partial charge is 0.268 e. The molecule has 0 aliphatic carbocycles. The van der Waals surface area contributed by atoms with E-state index in [0.717, 1.165) is 16.9 Å². The third-order valence-corrected chi connectivity index (χ3v) is 5.60. The Morgan fingerprint density at radius 1 is 0.933 bits per heavy atom. The third-order valence-electron chi connectivity index (χ3n) is 4.51. The van der Waals surface area contributed by atoms with Crippen LogP contribution in [0.2, 0.25) is 0 Å². The molecule has 0 saturated heterocycles. The molecule has 2 aromatic carbocycles. The van der Waals surface area contributed by atoms with Crippen molar-refractivity contribution < 1.29 is 19.1 Å². The van der Waals surface area contributed by atoms with Crippen LogP contribution in [0.1, 0.15) is 38.8 Å². The molecule has 0 saturated carbocycles. The van der Waals surface area contributed by atoms with Gasteiger partial charge in [0.05, 0.1) is 30.2 Å². The Bertz CT molecular complexity index is 963. The fraction of sp³-hybridized carbons (Fsp3) is 0.333. The van der Waals surface area contributed by atoms with Gasteiger partial charge in [-0.05, 0) is 37.6 Å². The second-order valence-corrected chi connectivity index (χ2v) is 9.16. The molecule has 0 unspecified atom stereocenters. The van der Waals surface area contributed by atoms with Crippen molar-refractivity contribution in [1.82, 2.24) is 4.90 Å². The average molecular weight is 426 g/mol. The first kappa shape index (κ1) is 22.0. The summed E-state index contributed by atoms with van der Waals surface area (Å²) in [5.41, 5.74) is 1.96. The minimum absolute atomic E-state index is 0.0631. The van der Waals surface area contributed by atoms with Crippen molar-refractivity contribution in [3.63, 3.8) is 0 Å². The van der Waals surface area contributed by atoms with Crippen LogP contribution in [0.15, 0.2) is 53.4 Å². The SMILES string of the molecule is COc1ccccc1CN1C(=O)C(SC(C)C)=C(c2ccc(OC(C)C)cc2)C1=O. The molecule has 0 spiro atoms. The van der Waals surface area contributed by atoms with E-state index in [0.29, 0.717) is 16.2 Å². The maximum atomic E-state index is 13.3. The number of ether oxygens (including phenoxy) is 2. The molecule has 1 aliphatic rings. The number of thioether (sulfide) groups is 1. The number of benzene rings is 2. The van der Waals surface area contributed by atoms with Crippen molar-refractivity contribution in [3.05, 3.63) is 64.6 Å². The van der Waals surface area contributed by atoms with Crippen LogP contribution in [0, 0.1) is 0 Å². The summed E-state index contributed by atoms with van der Waals surface area (Å²) in [6.07, 6.45) is 0.0631. The van der Waals surface area contributed by atoms with Crippen LogP contribution in [0.4, 0.5) is 0 Å². The van der Waals surface area contributed by atoms with Crippen molar-refractivity contribution >= 4 is 29.1 Å². The van der Waals surface area contributed by atoms with Gasteiger partial charge in [-0.2, -0.15) is 0 Å². The van der Waals surface area contributed by atoms with E-state index < -0.39 is 0 Å². The molecule has 1 heterocycles. The quantitative estimate of drug-likeness (QED) is 0.563. The Labute approximate surface area is 182 Å². The highest BCUT2D eigenvalue weighted by atomic mass is 32.2. The van der Waals surface area contributed by atoms with Gasteiger partial charge in [0, 0.05) is 10.8 Å². The van der Waals surface area contributed by atoms with Gasteiger partial charge in [-0.15, -0.1) is 11.8 Å². The summed E-state index contributed by atoms with van der Waals surface area (Å²) >= 11 is 1.42. The molecule has 2 aromatic rings. The molecule has 0 atom stereocenters. The van der Waals surface area contributed by atoms with Crippen LogP contribution < -0.4 is 9.47 Å². The van der Waals surface area contributed by atoms with Crippen LogP contribution in [-0.4, -0.2) is 35.2 Å². The van der Waals surface area contributed by atoms with E-state index in [1.165, 1.54) is 16.7 Å². The number of imide groups is 1. The number of nitrogens with zero attached hydrogens (tertiary/aromatic N) is 1. The van der Waals surface area contributed by atoms with Gasteiger partial charge in [0.2, 0.25) is 0 Å². The Hall–Kier alpha value is -2.73. The lowest BCUT2D eigenvalue weighted by atomic mass is 10.1. The molecule has 0 bridgehead atoms. The van der Waals surface area contributed by atoms with Gasteiger partial charge in [0.15, 0.2) is 0 Å². The van der Waals surface area contributed by atoms with Gasteiger partial charge >= 0.3 is 0 Å². The van der Waals surface area contributed by atoms with Crippen molar-refractivity contribution in [2.75, 3.05) is 7.11 Å². The van der Waals surface area contributed by atoms with Gasteiger partial charge in [0.1, 0.15) is 11.5 Å². The van der Waals surface area contributed by atoms with Gasteiger partial charge in [-0.1, -0.05) is 44.2 Å². The maximum absolute atomic E-state index is 13.3. The molecular weight excluding hydrogens is 398 g/mol. The Kier molecular flexibility index (Phi) is 6.87. The van der Waals surface area contributed by atoms with Crippen LogP contribution in [0.25, 0.3) is 5.57 Å². The Morgan fingerprint density at radius 3 is 2.20 bits per heavy atom. The summed E-state index contributed by atoms with van der Waals surface area (Å²) in [5.74, 6) is 0.837. The average Bonchev–Trinajstić information content (AvgIpc) is 2.92. The van der Waals surface area contributed by atoms with E-state index in [9.17, 15) is 9.59 Å². The lowest BCUT2D eigenvalue weighted by molar-refractivity contribution is -0.137. The normalized spacial score (nSPS) is 14.3. The molecule has 6 heteroatoms. The van der Waals surface area contributed by atoms with Crippen molar-refractivity contribution in [2.45, 2.75) is 45.6 Å². The predicted octanol–water partition coefficient (Wildman–Crippen LogP) is 4.90. The van der Waals surface area contributed by atoms with Gasteiger partial charge in [0.25, 0.3) is 11.8 Å². The highest BCUT2D eigenvalue weighted by Crippen LogP contribution is 2.39. The van der Waals surface area contributed by atoms with Crippen molar-refractivity contribution in [3.8, 4) is 11.5 Å². The number of para-hydroxylation sites is 1. The number of carbonyl (C=O) groups is 2. The molecule has 0 aromatic heterocycles. The Morgan fingerprint density at radius 2 is 1.60 bits per heavy atom. The molecule has 2 amide bonds. The third kappa shape index (κ3) is 4.70. The number of hydrogen-bond donors (Lipinski definition) is 0. The predicted molar refractivity (Wildman–Crippen MR) is 120 cm³/mol. The Balaban J connectivity index is 1.95. The van der Waals surface area contributed by atoms with Crippen LogP contribution >= 0.6 is 11.8 Å². The number of rotatable bonds is 8. The number of hydrogen-bond acceptors (Lipinski definition) is 5. The first-order chi connectivity index (χ1) is 14.3. The minimum atomic E-state index is -0.286. The lowest BCUT2D eigenvalue weighted by Gasteiger charge is -2.17. The fourth-order valence-corrected chi connectivity index (χ4v) is 4.28. The second-order valence-electron chi connectivity index (χ2n) is 7.57. The van der Waals surface area contributed by atoms with E-state index in [4.69, 9.17) is 9.47 Å². The van der Waals surface area contributed by atoms with E-state index >= 15 is 0 Å². The maximum Gasteiger partial charge on any atom is 0.268 e. The largest absolute Gasteiger partial charge is 0.496 e. The zero-order valence-corrected chi connectivity index (χ0v) is 18.8. The van der Waals surface area contributed by atoms with E-state index in [2.05, 4.69) is 0 Å². The van der Waals surface area contributed by atoms with Crippen molar-refractivity contribution in [1.29, 1.82) is 0 Å². The van der Waals surface area contributed by atoms with Gasteiger partial charge in [-0.3, -0.25) is 14.5 Å². The molecule has 0 radical (unpaired) electrons. The molecule has 30 heavy (non-hydrogen) atoms. The topological polar surface area (TPSA) is 55.8 Å². The molecule has 3 rings (SSSR count). The van der Waals surface area contributed by atoms with Crippen LogP contribution in [0.3, 0.4) is 0 Å². The number of carbonyl (C=O) groups excluding carboxylic acids is 2.